The van der Waals surface area contributed by atoms with Crippen LogP contribution < -0.4 is 0 Å². The zero-order chi connectivity index (χ0) is 18.5. The van der Waals surface area contributed by atoms with Crippen LogP contribution in [-0.2, 0) is 14.8 Å². The van der Waals surface area contributed by atoms with E-state index in [1.54, 1.807) is 13.8 Å². The van der Waals surface area contributed by atoms with E-state index in [9.17, 15) is 13.2 Å². The van der Waals surface area contributed by atoms with Crippen molar-refractivity contribution in [1.29, 1.82) is 0 Å². The zero-order valence-corrected chi connectivity index (χ0v) is 16.3. The number of sulfonamides is 1. The van der Waals surface area contributed by atoms with Gasteiger partial charge in [-0.25, -0.2) is 8.42 Å². The van der Waals surface area contributed by atoms with E-state index in [1.165, 1.54) is 23.6 Å². The van der Waals surface area contributed by atoms with Gasteiger partial charge in [0, 0.05) is 26.2 Å². The monoisotopic (exact) mass is 381 g/mol. The van der Waals surface area contributed by atoms with Gasteiger partial charge >= 0.3 is 0 Å². The summed E-state index contributed by atoms with van der Waals surface area (Å²) in [4.78, 5) is 15.3. The average Bonchev–Trinajstić information content (AvgIpc) is 3.12. The Labute approximate surface area is 154 Å². The summed E-state index contributed by atoms with van der Waals surface area (Å²) in [6.07, 6.45) is 6.03. The molecule has 0 radical (unpaired) electrons. The lowest BCUT2D eigenvalue weighted by atomic mass is 9.77. The number of aromatic nitrogens is 1. The summed E-state index contributed by atoms with van der Waals surface area (Å²) in [5.74, 6) is 1.11. The lowest BCUT2D eigenvalue weighted by Gasteiger charge is -2.42. The molecule has 3 aliphatic rings. The van der Waals surface area contributed by atoms with Gasteiger partial charge in [-0.2, -0.15) is 4.31 Å². The second kappa shape index (κ2) is 6.34. The van der Waals surface area contributed by atoms with Gasteiger partial charge < -0.3 is 9.42 Å². The number of piperidine rings is 1. The molecule has 3 heterocycles. The predicted molar refractivity (Wildman–Crippen MR) is 94.9 cm³/mol. The van der Waals surface area contributed by atoms with E-state index in [1.807, 2.05) is 4.90 Å². The normalized spacial score (nSPS) is 28.1. The third kappa shape index (κ3) is 2.78. The van der Waals surface area contributed by atoms with Crippen molar-refractivity contribution in [2.45, 2.75) is 57.3 Å². The molecule has 26 heavy (non-hydrogen) atoms. The van der Waals surface area contributed by atoms with Gasteiger partial charge in [-0.05, 0) is 51.9 Å². The molecule has 0 bridgehead atoms. The van der Waals surface area contributed by atoms with Crippen LogP contribution in [0.1, 0.15) is 50.0 Å². The Morgan fingerprint density at radius 1 is 1.19 bits per heavy atom. The fourth-order valence-electron chi connectivity index (χ4n) is 4.70. The van der Waals surface area contributed by atoms with E-state index in [-0.39, 0.29) is 17.3 Å². The summed E-state index contributed by atoms with van der Waals surface area (Å²) in [6.45, 7) is 5.58. The molecular weight excluding hydrogens is 354 g/mol. The van der Waals surface area contributed by atoms with Crippen molar-refractivity contribution >= 4 is 15.9 Å². The molecule has 144 valence electrons. The number of likely N-dealkylation sites (tertiary alicyclic amines) is 1. The van der Waals surface area contributed by atoms with Crippen LogP contribution >= 0.6 is 0 Å². The van der Waals surface area contributed by atoms with Crippen LogP contribution in [0.4, 0.5) is 0 Å². The Hall–Kier alpha value is -1.41. The van der Waals surface area contributed by atoms with Crippen molar-refractivity contribution < 1.29 is 17.7 Å². The molecule has 8 heteroatoms. The van der Waals surface area contributed by atoms with Crippen molar-refractivity contribution in [3.63, 3.8) is 0 Å². The largest absolute Gasteiger partial charge is 0.360 e. The molecule has 2 aliphatic heterocycles. The second-order valence-corrected chi connectivity index (χ2v) is 10.0. The Kier molecular flexibility index (Phi) is 4.38. The first-order chi connectivity index (χ1) is 12.3. The summed E-state index contributed by atoms with van der Waals surface area (Å²) in [5.41, 5.74) is -0.168. The first-order valence-corrected chi connectivity index (χ1v) is 11.0. The Morgan fingerprint density at radius 2 is 1.96 bits per heavy atom. The molecule has 1 unspecified atom stereocenters. The molecule has 0 aromatic carbocycles. The molecule has 7 nitrogen and oxygen atoms in total. The van der Waals surface area contributed by atoms with E-state index in [0.29, 0.717) is 30.3 Å². The van der Waals surface area contributed by atoms with Crippen LogP contribution in [0.5, 0.6) is 0 Å². The van der Waals surface area contributed by atoms with Crippen molar-refractivity contribution in [3.05, 3.63) is 11.5 Å². The molecule has 1 aliphatic carbocycles. The highest BCUT2D eigenvalue weighted by atomic mass is 32.2. The van der Waals surface area contributed by atoms with Crippen LogP contribution in [0.3, 0.4) is 0 Å². The van der Waals surface area contributed by atoms with Crippen LogP contribution in [0, 0.1) is 25.2 Å². The summed E-state index contributed by atoms with van der Waals surface area (Å²) >= 11 is 0. The molecule has 1 saturated carbocycles. The van der Waals surface area contributed by atoms with E-state index in [2.05, 4.69) is 5.16 Å². The smallest absolute Gasteiger partial charge is 0.248 e. The van der Waals surface area contributed by atoms with E-state index in [0.717, 1.165) is 25.9 Å². The topological polar surface area (TPSA) is 83.7 Å². The van der Waals surface area contributed by atoms with Gasteiger partial charge in [-0.15, -0.1) is 0 Å². The third-order valence-electron chi connectivity index (χ3n) is 6.41. The predicted octanol–water partition coefficient (Wildman–Crippen LogP) is 2.09. The second-order valence-electron chi connectivity index (χ2n) is 8.17. The Bertz CT molecular complexity index is 795. The van der Waals surface area contributed by atoms with Gasteiger partial charge in [0.15, 0.2) is 5.76 Å². The summed E-state index contributed by atoms with van der Waals surface area (Å²) in [6, 6.07) is 0. The maximum Gasteiger partial charge on any atom is 0.248 e. The zero-order valence-electron chi connectivity index (χ0n) is 15.5. The maximum atomic E-state index is 13.2. The number of amides is 1. The maximum absolute atomic E-state index is 13.2. The molecule has 1 spiro atoms. The minimum atomic E-state index is -3.68. The highest BCUT2D eigenvalue weighted by Gasteiger charge is 2.51. The third-order valence-corrected chi connectivity index (χ3v) is 8.50. The van der Waals surface area contributed by atoms with Gasteiger partial charge in [0.1, 0.15) is 10.6 Å². The highest BCUT2D eigenvalue weighted by molar-refractivity contribution is 7.89. The molecule has 0 N–H and O–H groups in total. The number of nitrogens with zero attached hydrogens (tertiary/aromatic N) is 3. The van der Waals surface area contributed by atoms with E-state index >= 15 is 0 Å². The molecule has 1 aromatic heterocycles. The molecule has 1 atom stereocenters. The fraction of sp³-hybridized carbons (Fsp3) is 0.778. The minimum Gasteiger partial charge on any atom is -0.360 e. The van der Waals surface area contributed by atoms with Gasteiger partial charge in [0.25, 0.3) is 0 Å². The summed E-state index contributed by atoms with van der Waals surface area (Å²) in [5, 5.41) is 3.78. The fourth-order valence-corrected chi connectivity index (χ4v) is 6.52. The number of carbonyl (C=O) groups is 1. The molecule has 4 rings (SSSR count). The van der Waals surface area contributed by atoms with Gasteiger partial charge in [0.05, 0.1) is 5.41 Å². The van der Waals surface area contributed by atoms with Crippen molar-refractivity contribution in [3.8, 4) is 0 Å². The molecule has 1 aromatic rings. The number of aryl methyl sites for hydroxylation is 2. The summed E-state index contributed by atoms with van der Waals surface area (Å²) < 4.78 is 32.7. The van der Waals surface area contributed by atoms with Crippen LogP contribution in [0.25, 0.3) is 0 Å². The Morgan fingerprint density at radius 3 is 2.58 bits per heavy atom. The lowest BCUT2D eigenvalue weighted by molar-refractivity contribution is -0.146. The highest BCUT2D eigenvalue weighted by Crippen LogP contribution is 2.43. The average molecular weight is 381 g/mol. The van der Waals surface area contributed by atoms with E-state index in [4.69, 9.17) is 4.52 Å². The van der Waals surface area contributed by atoms with Crippen LogP contribution in [0.2, 0.25) is 0 Å². The molecule has 3 fully saturated rings. The van der Waals surface area contributed by atoms with Gasteiger partial charge in [-0.1, -0.05) is 11.6 Å². The number of rotatable bonds is 4. The Balaban J connectivity index is 1.54. The van der Waals surface area contributed by atoms with Crippen molar-refractivity contribution in [1.82, 2.24) is 14.4 Å². The first kappa shape index (κ1) is 18.0. The van der Waals surface area contributed by atoms with Gasteiger partial charge in [-0.3, -0.25) is 4.79 Å². The number of carbonyl (C=O) groups excluding carboxylic acids is 1. The number of hydrogen-bond acceptors (Lipinski definition) is 5. The SMILES string of the molecule is Cc1noc(C)c1S(=O)(=O)N1CCC2(CCCN(CC3CCC3)C2=O)C1. The van der Waals surface area contributed by atoms with Gasteiger partial charge in [0.2, 0.25) is 15.9 Å². The lowest BCUT2D eigenvalue weighted by Crippen LogP contribution is -2.52. The van der Waals surface area contributed by atoms with Crippen LogP contribution in [0.15, 0.2) is 9.42 Å². The number of hydrogen-bond donors (Lipinski definition) is 0. The van der Waals surface area contributed by atoms with E-state index < -0.39 is 15.4 Å². The van der Waals surface area contributed by atoms with Crippen molar-refractivity contribution in [2.24, 2.45) is 11.3 Å². The standard InChI is InChI=1S/C18H27N3O4S/c1-13-16(14(2)25-19-13)26(23,24)21-10-8-18(12-21)7-4-9-20(17(18)22)11-15-5-3-6-15/h15H,3-12H2,1-2H3. The minimum absolute atomic E-state index is 0.157. The molecular formula is C18H27N3O4S. The molecule has 1 amide bonds. The first-order valence-electron chi connectivity index (χ1n) is 9.56. The van der Waals surface area contributed by atoms with Crippen LogP contribution in [-0.4, -0.2) is 54.9 Å². The summed E-state index contributed by atoms with van der Waals surface area (Å²) in [7, 11) is -3.68. The quantitative estimate of drug-likeness (QED) is 0.797. The van der Waals surface area contributed by atoms with Crippen molar-refractivity contribution in [2.75, 3.05) is 26.2 Å². The molecule has 2 saturated heterocycles.